The summed E-state index contributed by atoms with van der Waals surface area (Å²) in [6.45, 7) is 5.19. The number of piperidine rings is 1. The molecule has 0 saturated carbocycles. The lowest BCUT2D eigenvalue weighted by Gasteiger charge is -2.36. The highest BCUT2D eigenvalue weighted by atomic mass is 16.5. The second kappa shape index (κ2) is 5.94. The molecule has 0 aliphatic carbocycles. The van der Waals surface area contributed by atoms with Gasteiger partial charge in [-0.05, 0) is 31.7 Å². The van der Waals surface area contributed by atoms with Crippen LogP contribution in [0.3, 0.4) is 0 Å². The van der Waals surface area contributed by atoms with Crippen LogP contribution in [-0.2, 0) is 14.3 Å². The Hall–Kier alpha value is -0.450. The molecule has 0 N–H and O–H groups in total. The average Bonchev–Trinajstić information content (AvgIpc) is 2.79. The van der Waals surface area contributed by atoms with Gasteiger partial charge in [-0.2, -0.15) is 0 Å². The SMILES string of the molecule is COCC1CCCN(CC2(C=O)CCOC2)C1. The normalized spacial score (nSPS) is 35.0. The molecule has 2 saturated heterocycles. The Morgan fingerprint density at radius 1 is 1.59 bits per heavy atom. The third-order valence-electron chi connectivity index (χ3n) is 3.93. The maximum absolute atomic E-state index is 11.3. The van der Waals surface area contributed by atoms with Gasteiger partial charge in [0.1, 0.15) is 6.29 Å². The zero-order chi connectivity index (χ0) is 12.1. The molecular formula is C13H23NO3. The Bertz CT molecular complexity index is 249. The zero-order valence-corrected chi connectivity index (χ0v) is 10.7. The highest BCUT2D eigenvalue weighted by Crippen LogP contribution is 2.29. The molecule has 0 aromatic carbocycles. The lowest BCUT2D eigenvalue weighted by atomic mass is 9.87. The lowest BCUT2D eigenvalue weighted by Crippen LogP contribution is -2.45. The second-order valence-corrected chi connectivity index (χ2v) is 5.48. The number of nitrogens with zero attached hydrogens (tertiary/aromatic N) is 1. The van der Waals surface area contributed by atoms with E-state index in [9.17, 15) is 4.79 Å². The second-order valence-electron chi connectivity index (χ2n) is 5.48. The van der Waals surface area contributed by atoms with Gasteiger partial charge in [0.05, 0.1) is 18.6 Å². The third kappa shape index (κ3) is 3.27. The van der Waals surface area contributed by atoms with Crippen LogP contribution in [0.15, 0.2) is 0 Å². The van der Waals surface area contributed by atoms with Gasteiger partial charge in [-0.15, -0.1) is 0 Å². The van der Waals surface area contributed by atoms with Crippen molar-refractivity contribution in [2.75, 3.05) is 46.6 Å². The van der Waals surface area contributed by atoms with Crippen LogP contribution in [0.25, 0.3) is 0 Å². The Morgan fingerprint density at radius 3 is 3.12 bits per heavy atom. The number of carbonyl (C=O) groups is 1. The van der Waals surface area contributed by atoms with Crippen LogP contribution >= 0.6 is 0 Å². The quantitative estimate of drug-likeness (QED) is 0.672. The van der Waals surface area contributed by atoms with Crippen LogP contribution in [-0.4, -0.2) is 57.8 Å². The number of methoxy groups -OCH3 is 1. The standard InChI is InChI=1S/C13H23NO3/c1-16-8-12-3-2-5-14(7-12)9-13(10-15)4-6-17-11-13/h10,12H,2-9,11H2,1H3. The predicted molar refractivity (Wildman–Crippen MR) is 65.0 cm³/mol. The van der Waals surface area contributed by atoms with Crippen molar-refractivity contribution in [2.24, 2.45) is 11.3 Å². The molecule has 2 rings (SSSR count). The monoisotopic (exact) mass is 241 g/mol. The van der Waals surface area contributed by atoms with Crippen LogP contribution < -0.4 is 0 Å². The molecule has 0 spiro atoms. The molecule has 2 unspecified atom stereocenters. The molecule has 4 heteroatoms. The third-order valence-corrected chi connectivity index (χ3v) is 3.93. The average molecular weight is 241 g/mol. The van der Waals surface area contributed by atoms with Crippen LogP contribution in [0.4, 0.5) is 0 Å². The van der Waals surface area contributed by atoms with E-state index in [2.05, 4.69) is 4.90 Å². The van der Waals surface area contributed by atoms with Gasteiger partial charge in [0.2, 0.25) is 0 Å². The summed E-state index contributed by atoms with van der Waals surface area (Å²) in [5.74, 6) is 0.625. The van der Waals surface area contributed by atoms with E-state index in [0.29, 0.717) is 12.5 Å². The van der Waals surface area contributed by atoms with Gasteiger partial charge in [-0.1, -0.05) is 0 Å². The van der Waals surface area contributed by atoms with Gasteiger partial charge in [-0.3, -0.25) is 0 Å². The molecule has 4 nitrogen and oxygen atoms in total. The van der Waals surface area contributed by atoms with Crippen molar-refractivity contribution in [2.45, 2.75) is 19.3 Å². The van der Waals surface area contributed by atoms with E-state index in [1.807, 2.05) is 0 Å². The van der Waals surface area contributed by atoms with Crippen molar-refractivity contribution < 1.29 is 14.3 Å². The van der Waals surface area contributed by atoms with Crippen LogP contribution in [0, 0.1) is 11.3 Å². The molecule has 0 radical (unpaired) electrons. The molecule has 0 bridgehead atoms. The van der Waals surface area contributed by atoms with Gasteiger partial charge in [0.25, 0.3) is 0 Å². The van der Waals surface area contributed by atoms with Gasteiger partial charge in [0.15, 0.2) is 0 Å². The van der Waals surface area contributed by atoms with Crippen molar-refractivity contribution in [1.29, 1.82) is 0 Å². The number of likely N-dealkylation sites (tertiary alicyclic amines) is 1. The van der Waals surface area contributed by atoms with E-state index in [0.717, 1.165) is 45.6 Å². The van der Waals surface area contributed by atoms with E-state index in [1.165, 1.54) is 12.8 Å². The first kappa shape index (κ1) is 13.0. The Labute approximate surface area is 103 Å². The van der Waals surface area contributed by atoms with Gasteiger partial charge in [0, 0.05) is 26.8 Å². The van der Waals surface area contributed by atoms with Crippen molar-refractivity contribution in [3.05, 3.63) is 0 Å². The number of hydrogen-bond donors (Lipinski definition) is 0. The number of carbonyl (C=O) groups excluding carboxylic acids is 1. The summed E-state index contributed by atoms with van der Waals surface area (Å²) in [7, 11) is 1.76. The summed E-state index contributed by atoms with van der Waals surface area (Å²) in [6, 6.07) is 0. The molecule has 17 heavy (non-hydrogen) atoms. The van der Waals surface area contributed by atoms with Crippen molar-refractivity contribution in [3.63, 3.8) is 0 Å². The van der Waals surface area contributed by atoms with E-state index in [-0.39, 0.29) is 5.41 Å². The van der Waals surface area contributed by atoms with E-state index in [4.69, 9.17) is 9.47 Å². The molecular weight excluding hydrogens is 218 g/mol. The minimum absolute atomic E-state index is 0.241. The van der Waals surface area contributed by atoms with Crippen molar-refractivity contribution in [1.82, 2.24) is 4.90 Å². The Kier molecular flexibility index (Phi) is 4.54. The lowest BCUT2D eigenvalue weighted by molar-refractivity contribution is -0.117. The smallest absolute Gasteiger partial charge is 0.129 e. The maximum atomic E-state index is 11.3. The molecule has 2 fully saturated rings. The molecule has 2 heterocycles. The van der Waals surface area contributed by atoms with Crippen LogP contribution in [0.5, 0.6) is 0 Å². The summed E-state index contributed by atoms with van der Waals surface area (Å²) >= 11 is 0. The predicted octanol–water partition coefficient (Wildman–Crippen LogP) is 0.950. The molecule has 2 aliphatic rings. The Balaban J connectivity index is 1.87. The topological polar surface area (TPSA) is 38.8 Å². The first-order valence-corrected chi connectivity index (χ1v) is 6.53. The minimum atomic E-state index is -0.241. The van der Waals surface area contributed by atoms with Crippen molar-refractivity contribution >= 4 is 6.29 Å². The maximum Gasteiger partial charge on any atom is 0.129 e. The summed E-state index contributed by atoms with van der Waals surface area (Å²) in [5, 5.41) is 0. The highest BCUT2D eigenvalue weighted by Gasteiger charge is 2.37. The van der Waals surface area contributed by atoms with E-state index < -0.39 is 0 Å². The highest BCUT2D eigenvalue weighted by molar-refractivity contribution is 5.60. The molecule has 98 valence electrons. The van der Waals surface area contributed by atoms with Gasteiger partial charge >= 0.3 is 0 Å². The largest absolute Gasteiger partial charge is 0.384 e. The molecule has 0 aromatic rings. The Morgan fingerprint density at radius 2 is 2.47 bits per heavy atom. The fourth-order valence-electron chi connectivity index (χ4n) is 2.99. The van der Waals surface area contributed by atoms with Crippen LogP contribution in [0.1, 0.15) is 19.3 Å². The summed E-state index contributed by atoms with van der Waals surface area (Å²) < 4.78 is 10.6. The number of aldehydes is 1. The molecule has 0 amide bonds. The summed E-state index contributed by atoms with van der Waals surface area (Å²) in [6.07, 6.45) is 4.45. The van der Waals surface area contributed by atoms with E-state index >= 15 is 0 Å². The first-order chi connectivity index (χ1) is 8.28. The zero-order valence-electron chi connectivity index (χ0n) is 10.7. The number of rotatable bonds is 5. The van der Waals surface area contributed by atoms with E-state index in [1.54, 1.807) is 7.11 Å². The number of hydrogen-bond acceptors (Lipinski definition) is 4. The molecule has 0 aromatic heterocycles. The van der Waals surface area contributed by atoms with Gasteiger partial charge < -0.3 is 19.2 Å². The number of ether oxygens (including phenoxy) is 2. The fourth-order valence-corrected chi connectivity index (χ4v) is 2.99. The van der Waals surface area contributed by atoms with Crippen LogP contribution in [0.2, 0.25) is 0 Å². The van der Waals surface area contributed by atoms with Crippen molar-refractivity contribution in [3.8, 4) is 0 Å². The first-order valence-electron chi connectivity index (χ1n) is 6.53. The minimum Gasteiger partial charge on any atom is -0.384 e. The summed E-state index contributed by atoms with van der Waals surface area (Å²) in [4.78, 5) is 13.7. The molecule has 2 aliphatic heterocycles. The molecule has 2 atom stereocenters. The van der Waals surface area contributed by atoms with Gasteiger partial charge in [-0.25, -0.2) is 0 Å². The summed E-state index contributed by atoms with van der Waals surface area (Å²) in [5.41, 5.74) is -0.241. The fraction of sp³-hybridized carbons (Fsp3) is 0.923.